The summed E-state index contributed by atoms with van der Waals surface area (Å²) in [5.41, 5.74) is 1.03. The Morgan fingerprint density at radius 1 is 1.38 bits per heavy atom. The smallest absolute Gasteiger partial charge is 0.387 e. The normalized spacial score (nSPS) is 19.2. The molecule has 1 aromatic rings. The Kier molecular flexibility index (Phi) is 7.14. The quantitative estimate of drug-likeness (QED) is 0.903. The average molecular weight is 323 g/mol. The van der Waals surface area contributed by atoms with Gasteiger partial charge in [-0.15, -0.1) is 12.4 Å². The molecule has 0 aliphatic carbocycles. The minimum absolute atomic E-state index is 0. The summed E-state index contributed by atoms with van der Waals surface area (Å²) >= 11 is 0. The SMILES string of the molecule is COc1cc(CN2CCN[C@H](C)C2)ccc1OC(F)F.Cl. The third-order valence-corrected chi connectivity index (χ3v) is 3.30. The summed E-state index contributed by atoms with van der Waals surface area (Å²) in [6, 6.07) is 5.55. The standard InChI is InChI=1S/C14H20F2N2O2.ClH/c1-10-8-18(6-5-17-10)9-11-3-4-12(20-14(15)16)13(7-11)19-2;/h3-4,7,10,14,17H,5-6,8-9H2,1-2H3;1H/t10-;/m1./s1. The number of nitrogens with one attached hydrogen (secondary N) is 1. The van der Waals surface area contributed by atoms with Crippen molar-refractivity contribution < 1.29 is 18.3 Å². The van der Waals surface area contributed by atoms with Crippen LogP contribution in [0.4, 0.5) is 8.78 Å². The van der Waals surface area contributed by atoms with Gasteiger partial charge in [0.25, 0.3) is 0 Å². The maximum absolute atomic E-state index is 12.3. The van der Waals surface area contributed by atoms with Gasteiger partial charge >= 0.3 is 6.61 Å². The first-order valence-electron chi connectivity index (χ1n) is 6.66. The van der Waals surface area contributed by atoms with Crippen LogP contribution < -0.4 is 14.8 Å². The summed E-state index contributed by atoms with van der Waals surface area (Å²) < 4.78 is 34.0. The molecule has 0 spiro atoms. The van der Waals surface area contributed by atoms with E-state index in [1.54, 1.807) is 12.1 Å². The van der Waals surface area contributed by atoms with Crippen molar-refractivity contribution in [3.8, 4) is 11.5 Å². The number of methoxy groups -OCH3 is 1. The molecule has 2 rings (SSSR count). The Balaban J connectivity index is 0.00000220. The fourth-order valence-electron chi connectivity index (χ4n) is 2.42. The number of rotatable bonds is 5. The predicted molar refractivity (Wildman–Crippen MR) is 79.6 cm³/mol. The lowest BCUT2D eigenvalue weighted by molar-refractivity contribution is -0.0512. The molecule has 0 amide bonds. The largest absolute Gasteiger partial charge is 0.493 e. The number of piperazine rings is 1. The zero-order valence-electron chi connectivity index (χ0n) is 12.1. The highest BCUT2D eigenvalue weighted by molar-refractivity contribution is 5.85. The number of alkyl halides is 2. The topological polar surface area (TPSA) is 33.7 Å². The maximum atomic E-state index is 12.3. The van der Waals surface area contributed by atoms with Crippen molar-refractivity contribution in [2.24, 2.45) is 0 Å². The van der Waals surface area contributed by atoms with E-state index in [1.165, 1.54) is 13.2 Å². The molecule has 1 fully saturated rings. The molecule has 4 nitrogen and oxygen atoms in total. The monoisotopic (exact) mass is 322 g/mol. The van der Waals surface area contributed by atoms with Gasteiger partial charge in [0.15, 0.2) is 11.5 Å². The first kappa shape index (κ1) is 17.9. The van der Waals surface area contributed by atoms with Crippen LogP contribution >= 0.6 is 12.4 Å². The van der Waals surface area contributed by atoms with E-state index in [0.29, 0.717) is 11.8 Å². The molecule has 1 heterocycles. The lowest BCUT2D eigenvalue weighted by Crippen LogP contribution is -2.48. The van der Waals surface area contributed by atoms with Gasteiger partial charge in [-0.1, -0.05) is 6.07 Å². The summed E-state index contributed by atoms with van der Waals surface area (Å²) in [7, 11) is 1.45. The minimum atomic E-state index is -2.84. The highest BCUT2D eigenvalue weighted by atomic mass is 35.5. The zero-order valence-corrected chi connectivity index (χ0v) is 13.0. The molecule has 7 heteroatoms. The van der Waals surface area contributed by atoms with Crippen LogP contribution in [0.3, 0.4) is 0 Å². The molecule has 0 unspecified atom stereocenters. The Hall–Kier alpha value is -1.11. The molecule has 0 radical (unpaired) electrons. The molecular weight excluding hydrogens is 302 g/mol. The number of halogens is 3. The summed E-state index contributed by atoms with van der Waals surface area (Å²) in [4.78, 5) is 2.32. The van der Waals surface area contributed by atoms with Crippen LogP contribution in [-0.4, -0.2) is 44.3 Å². The summed E-state index contributed by atoms with van der Waals surface area (Å²) in [5.74, 6) is 0.408. The van der Waals surface area contributed by atoms with Gasteiger partial charge in [0.05, 0.1) is 7.11 Å². The van der Waals surface area contributed by atoms with Crippen LogP contribution in [0.2, 0.25) is 0 Å². The summed E-state index contributed by atoms with van der Waals surface area (Å²) in [5, 5.41) is 3.38. The van der Waals surface area contributed by atoms with Gasteiger partial charge in [0.1, 0.15) is 0 Å². The number of nitrogens with zero attached hydrogens (tertiary/aromatic N) is 1. The van der Waals surface area contributed by atoms with Gasteiger partial charge in [0, 0.05) is 32.2 Å². The Morgan fingerprint density at radius 3 is 2.76 bits per heavy atom. The second-order valence-electron chi connectivity index (χ2n) is 4.95. The fourth-order valence-corrected chi connectivity index (χ4v) is 2.42. The van der Waals surface area contributed by atoms with E-state index in [1.807, 2.05) is 0 Å². The van der Waals surface area contributed by atoms with Gasteiger partial charge in [-0.2, -0.15) is 8.78 Å². The van der Waals surface area contributed by atoms with Crippen molar-refractivity contribution in [3.63, 3.8) is 0 Å². The van der Waals surface area contributed by atoms with Gasteiger partial charge in [0.2, 0.25) is 0 Å². The van der Waals surface area contributed by atoms with E-state index < -0.39 is 6.61 Å². The lowest BCUT2D eigenvalue weighted by Gasteiger charge is -2.31. The van der Waals surface area contributed by atoms with Crippen molar-refractivity contribution in [1.29, 1.82) is 0 Å². The zero-order chi connectivity index (χ0) is 14.5. The molecule has 0 bridgehead atoms. The van der Waals surface area contributed by atoms with Crippen LogP contribution in [0.1, 0.15) is 12.5 Å². The molecule has 0 saturated carbocycles. The first-order chi connectivity index (χ1) is 9.58. The van der Waals surface area contributed by atoms with E-state index in [-0.39, 0.29) is 18.2 Å². The van der Waals surface area contributed by atoms with E-state index in [9.17, 15) is 8.78 Å². The summed E-state index contributed by atoms with van der Waals surface area (Å²) in [6.07, 6.45) is 0. The van der Waals surface area contributed by atoms with Crippen LogP contribution in [0.15, 0.2) is 18.2 Å². The maximum Gasteiger partial charge on any atom is 0.387 e. The molecule has 1 atom stereocenters. The molecule has 21 heavy (non-hydrogen) atoms. The molecule has 1 N–H and O–H groups in total. The molecule has 1 aliphatic heterocycles. The third-order valence-electron chi connectivity index (χ3n) is 3.30. The minimum Gasteiger partial charge on any atom is -0.493 e. The van der Waals surface area contributed by atoms with Crippen LogP contribution in [0.25, 0.3) is 0 Å². The highest BCUT2D eigenvalue weighted by Gasteiger charge is 2.17. The van der Waals surface area contributed by atoms with Crippen LogP contribution in [-0.2, 0) is 6.54 Å². The Bertz CT molecular complexity index is 449. The van der Waals surface area contributed by atoms with Gasteiger partial charge in [-0.3, -0.25) is 4.90 Å². The van der Waals surface area contributed by atoms with Crippen molar-refractivity contribution >= 4 is 12.4 Å². The van der Waals surface area contributed by atoms with Crippen LogP contribution in [0, 0.1) is 0 Å². The van der Waals surface area contributed by atoms with Gasteiger partial charge < -0.3 is 14.8 Å². The Labute approximate surface area is 129 Å². The van der Waals surface area contributed by atoms with Crippen molar-refractivity contribution in [2.75, 3.05) is 26.7 Å². The number of hydrogen-bond acceptors (Lipinski definition) is 4. The van der Waals surface area contributed by atoms with Crippen molar-refractivity contribution in [2.45, 2.75) is 26.1 Å². The fraction of sp³-hybridized carbons (Fsp3) is 0.571. The number of hydrogen-bond donors (Lipinski definition) is 1. The first-order valence-corrected chi connectivity index (χ1v) is 6.66. The molecule has 1 saturated heterocycles. The molecular formula is C14H21ClF2N2O2. The van der Waals surface area contributed by atoms with E-state index in [2.05, 4.69) is 21.9 Å². The van der Waals surface area contributed by atoms with Gasteiger partial charge in [-0.25, -0.2) is 0 Å². The molecule has 1 aliphatic rings. The van der Waals surface area contributed by atoms with E-state index >= 15 is 0 Å². The van der Waals surface area contributed by atoms with Crippen LogP contribution in [0.5, 0.6) is 11.5 Å². The number of ether oxygens (including phenoxy) is 2. The second-order valence-corrected chi connectivity index (χ2v) is 4.95. The predicted octanol–water partition coefficient (Wildman–Crippen LogP) is 2.51. The summed E-state index contributed by atoms with van der Waals surface area (Å²) in [6.45, 7) is 2.98. The third kappa shape index (κ3) is 5.30. The van der Waals surface area contributed by atoms with E-state index in [4.69, 9.17) is 4.74 Å². The average Bonchev–Trinajstić information content (AvgIpc) is 2.40. The Morgan fingerprint density at radius 2 is 2.14 bits per heavy atom. The van der Waals surface area contributed by atoms with Gasteiger partial charge in [-0.05, 0) is 24.6 Å². The van der Waals surface area contributed by atoms with E-state index in [0.717, 1.165) is 31.7 Å². The van der Waals surface area contributed by atoms with Crippen molar-refractivity contribution in [3.05, 3.63) is 23.8 Å². The molecule has 1 aromatic carbocycles. The number of benzene rings is 1. The molecule has 0 aromatic heterocycles. The van der Waals surface area contributed by atoms with Crippen molar-refractivity contribution in [1.82, 2.24) is 10.2 Å². The second kappa shape index (κ2) is 8.36. The highest BCUT2D eigenvalue weighted by Crippen LogP contribution is 2.29. The lowest BCUT2D eigenvalue weighted by atomic mass is 10.1. The molecule has 120 valence electrons.